The number of halogens is 1. The van der Waals surface area contributed by atoms with Crippen LogP contribution in [-0.4, -0.2) is 12.3 Å². The van der Waals surface area contributed by atoms with E-state index >= 15 is 0 Å². The topological polar surface area (TPSA) is 38.3 Å². The molecule has 1 N–H and O–H groups in total. The first kappa shape index (κ1) is 18.3. The third-order valence-electron chi connectivity index (χ3n) is 3.87. The molecule has 0 bridgehead atoms. The lowest BCUT2D eigenvalue weighted by atomic mass is 10.0. The summed E-state index contributed by atoms with van der Waals surface area (Å²) in [6, 6.07) is 8.78. The zero-order valence-electron chi connectivity index (χ0n) is 14.4. The molecule has 5 heteroatoms. The van der Waals surface area contributed by atoms with E-state index < -0.39 is 0 Å². The molecule has 0 aliphatic rings. The maximum atomic E-state index is 14.2. The molecule has 24 heavy (non-hydrogen) atoms. The first-order chi connectivity index (χ1) is 11.5. The van der Waals surface area contributed by atoms with Crippen molar-refractivity contribution < 1.29 is 13.9 Å². The summed E-state index contributed by atoms with van der Waals surface area (Å²) in [6.07, 6.45) is 0.965. The number of hydrogen-bond acceptors (Lipinski definition) is 3. The van der Waals surface area contributed by atoms with Crippen LogP contribution in [0.25, 0.3) is 0 Å². The van der Waals surface area contributed by atoms with Crippen molar-refractivity contribution >= 4 is 17.0 Å². The van der Waals surface area contributed by atoms with Gasteiger partial charge in [-0.05, 0) is 66.9 Å². The highest BCUT2D eigenvalue weighted by atomic mass is 32.2. The van der Waals surface area contributed by atoms with Gasteiger partial charge in [0.05, 0.1) is 0 Å². The summed E-state index contributed by atoms with van der Waals surface area (Å²) in [5.74, 6) is 0.368. The van der Waals surface area contributed by atoms with Crippen molar-refractivity contribution in [3.8, 4) is 5.75 Å². The highest BCUT2D eigenvalue weighted by Crippen LogP contribution is 2.29. The molecule has 1 amide bonds. The monoisotopic (exact) mass is 347 g/mol. The van der Waals surface area contributed by atoms with Crippen LogP contribution < -0.4 is 10.1 Å². The Morgan fingerprint density at radius 2 is 2.00 bits per heavy atom. The molecule has 0 saturated carbocycles. The lowest BCUT2D eigenvalue weighted by Gasteiger charge is -2.15. The number of thioether (sulfide) groups is 1. The van der Waals surface area contributed by atoms with Gasteiger partial charge in [-0.3, -0.25) is 4.79 Å². The summed E-state index contributed by atoms with van der Waals surface area (Å²) < 4.78 is 20.0. The SMILES string of the molecule is CCc1cc(C)c(OCc2c(F)cccc2SC(=O)NC)cc1C. The van der Waals surface area contributed by atoms with E-state index in [0.717, 1.165) is 35.1 Å². The van der Waals surface area contributed by atoms with Gasteiger partial charge in [0, 0.05) is 17.5 Å². The molecule has 0 aliphatic heterocycles. The summed E-state index contributed by atoms with van der Waals surface area (Å²) in [5, 5.41) is 2.29. The number of amides is 1. The minimum absolute atomic E-state index is 0.0811. The molecule has 3 nitrogen and oxygen atoms in total. The molecule has 0 radical (unpaired) electrons. The number of carbonyl (C=O) groups excluding carboxylic acids is 1. The average molecular weight is 347 g/mol. The summed E-state index contributed by atoms with van der Waals surface area (Å²) in [4.78, 5) is 12.1. The average Bonchev–Trinajstić information content (AvgIpc) is 2.56. The molecule has 2 aromatic rings. The standard InChI is InChI=1S/C19H22FNO2S/c1-5-14-9-13(3)17(10-12(14)2)23-11-15-16(20)7-6-8-18(15)24-19(22)21-4/h6-10H,5,11H2,1-4H3,(H,21,22). The third-order valence-corrected chi connectivity index (χ3v) is 4.86. The number of ether oxygens (including phenoxy) is 1. The van der Waals surface area contributed by atoms with Gasteiger partial charge in [-0.1, -0.05) is 19.1 Å². The van der Waals surface area contributed by atoms with E-state index in [-0.39, 0.29) is 17.7 Å². The zero-order valence-corrected chi connectivity index (χ0v) is 15.2. The fourth-order valence-electron chi connectivity index (χ4n) is 2.46. The van der Waals surface area contributed by atoms with Crippen LogP contribution in [0.4, 0.5) is 9.18 Å². The predicted molar refractivity (Wildman–Crippen MR) is 96.3 cm³/mol. The minimum Gasteiger partial charge on any atom is -0.488 e. The van der Waals surface area contributed by atoms with Gasteiger partial charge in [0.1, 0.15) is 18.2 Å². The molecule has 0 saturated heterocycles. The predicted octanol–water partition coefficient (Wildman–Crippen LogP) is 5.02. The van der Waals surface area contributed by atoms with Crippen molar-refractivity contribution in [2.24, 2.45) is 0 Å². The molecule has 0 heterocycles. The lowest BCUT2D eigenvalue weighted by molar-refractivity contribution is 0.262. The van der Waals surface area contributed by atoms with Gasteiger partial charge in [-0.25, -0.2) is 4.39 Å². The fraction of sp³-hybridized carbons (Fsp3) is 0.316. The van der Waals surface area contributed by atoms with Crippen LogP contribution >= 0.6 is 11.8 Å². The minimum atomic E-state index is -0.372. The molecule has 2 rings (SSSR count). The van der Waals surface area contributed by atoms with Gasteiger partial charge in [-0.2, -0.15) is 0 Å². The molecule has 0 spiro atoms. The van der Waals surface area contributed by atoms with Crippen LogP contribution in [0.3, 0.4) is 0 Å². The Labute approximate surface area is 146 Å². The van der Waals surface area contributed by atoms with E-state index in [4.69, 9.17) is 4.74 Å². The van der Waals surface area contributed by atoms with E-state index in [1.807, 2.05) is 19.9 Å². The summed E-state index contributed by atoms with van der Waals surface area (Å²) in [6.45, 7) is 6.22. The Morgan fingerprint density at radius 1 is 1.25 bits per heavy atom. The van der Waals surface area contributed by atoms with Crippen LogP contribution in [0.5, 0.6) is 5.75 Å². The number of aryl methyl sites for hydroxylation is 3. The molecule has 0 atom stereocenters. The van der Waals surface area contributed by atoms with Crippen LogP contribution in [-0.2, 0) is 13.0 Å². The Morgan fingerprint density at radius 3 is 2.67 bits per heavy atom. The summed E-state index contributed by atoms with van der Waals surface area (Å²) in [7, 11) is 1.55. The van der Waals surface area contributed by atoms with E-state index in [9.17, 15) is 9.18 Å². The van der Waals surface area contributed by atoms with Crippen LogP contribution in [0.2, 0.25) is 0 Å². The molecular weight excluding hydrogens is 325 g/mol. The fourth-order valence-corrected chi connectivity index (χ4v) is 3.19. The first-order valence-corrected chi connectivity index (χ1v) is 8.67. The van der Waals surface area contributed by atoms with E-state index in [1.54, 1.807) is 19.2 Å². The molecule has 0 aromatic heterocycles. The van der Waals surface area contributed by atoms with Crippen LogP contribution in [0.1, 0.15) is 29.2 Å². The molecule has 0 aliphatic carbocycles. The second kappa shape index (κ2) is 8.20. The Kier molecular flexibility index (Phi) is 6.26. The second-order valence-electron chi connectivity index (χ2n) is 5.54. The largest absolute Gasteiger partial charge is 0.488 e. The van der Waals surface area contributed by atoms with Crippen molar-refractivity contribution in [1.29, 1.82) is 0 Å². The molecule has 0 unspecified atom stereocenters. The van der Waals surface area contributed by atoms with Crippen molar-refractivity contribution in [2.45, 2.75) is 38.7 Å². The maximum absolute atomic E-state index is 14.2. The molecule has 0 fully saturated rings. The number of nitrogens with one attached hydrogen (secondary N) is 1. The molecular formula is C19H22FNO2S. The maximum Gasteiger partial charge on any atom is 0.283 e. The second-order valence-corrected chi connectivity index (χ2v) is 6.56. The highest BCUT2D eigenvalue weighted by molar-refractivity contribution is 8.13. The van der Waals surface area contributed by atoms with Crippen molar-refractivity contribution in [3.05, 3.63) is 58.4 Å². The highest BCUT2D eigenvalue weighted by Gasteiger charge is 2.14. The van der Waals surface area contributed by atoms with Gasteiger partial charge in [0.2, 0.25) is 0 Å². The number of hydrogen-bond donors (Lipinski definition) is 1. The van der Waals surface area contributed by atoms with Gasteiger partial charge in [-0.15, -0.1) is 0 Å². The van der Waals surface area contributed by atoms with E-state index in [2.05, 4.69) is 18.3 Å². The molecule has 128 valence electrons. The number of carbonyl (C=O) groups is 1. The lowest BCUT2D eigenvalue weighted by Crippen LogP contribution is -2.12. The first-order valence-electron chi connectivity index (χ1n) is 7.86. The van der Waals surface area contributed by atoms with Crippen molar-refractivity contribution in [2.75, 3.05) is 7.05 Å². The number of rotatable bonds is 5. The third kappa shape index (κ3) is 4.29. The van der Waals surface area contributed by atoms with Gasteiger partial charge in [0.25, 0.3) is 5.24 Å². The van der Waals surface area contributed by atoms with Gasteiger partial charge >= 0.3 is 0 Å². The smallest absolute Gasteiger partial charge is 0.283 e. The zero-order chi connectivity index (χ0) is 17.7. The Hall–Kier alpha value is -2.01. The summed E-state index contributed by atoms with van der Waals surface area (Å²) in [5.41, 5.74) is 3.85. The Bertz CT molecular complexity index is 746. The quantitative estimate of drug-likeness (QED) is 0.772. The number of benzene rings is 2. The van der Waals surface area contributed by atoms with Gasteiger partial charge < -0.3 is 10.1 Å². The van der Waals surface area contributed by atoms with Crippen LogP contribution in [0, 0.1) is 19.7 Å². The van der Waals surface area contributed by atoms with Crippen molar-refractivity contribution in [3.63, 3.8) is 0 Å². The Balaban J connectivity index is 2.23. The van der Waals surface area contributed by atoms with Crippen molar-refractivity contribution in [1.82, 2.24) is 5.32 Å². The summed E-state index contributed by atoms with van der Waals surface area (Å²) >= 11 is 0.963. The van der Waals surface area contributed by atoms with Gasteiger partial charge in [0.15, 0.2) is 0 Å². The normalized spacial score (nSPS) is 10.5. The van der Waals surface area contributed by atoms with E-state index in [1.165, 1.54) is 11.6 Å². The van der Waals surface area contributed by atoms with Crippen LogP contribution in [0.15, 0.2) is 35.2 Å². The molecule has 2 aromatic carbocycles. The van der Waals surface area contributed by atoms with E-state index in [0.29, 0.717) is 10.5 Å².